The molecule has 3 unspecified atom stereocenters. The first-order valence-corrected chi connectivity index (χ1v) is 14.8. The fraction of sp³-hybridized carbons (Fsp3) is 0.812. The quantitative estimate of drug-likeness (QED) is 0.565. The standard InChI is InChI=1S/C16H32O3Si2/c1-8-9-10-16(4)11-12-21(7,20(5,6)19-16)14(3)13(2)15(17)18/h14H,2,8-12H2,1,3-7H3,(H,17,18). The lowest BCUT2D eigenvalue weighted by Gasteiger charge is -2.54. The van der Waals surface area contributed by atoms with Crippen LogP contribution in [0, 0.1) is 0 Å². The molecule has 1 aliphatic rings. The van der Waals surface area contributed by atoms with E-state index in [1.165, 1.54) is 18.9 Å². The molecule has 3 nitrogen and oxygen atoms in total. The summed E-state index contributed by atoms with van der Waals surface area (Å²) in [6.45, 7) is 17.3. The van der Waals surface area contributed by atoms with Gasteiger partial charge in [0.1, 0.15) is 0 Å². The Balaban J connectivity index is 2.97. The molecule has 0 aromatic carbocycles. The number of carboxylic acid groups (broad SMARTS) is 1. The van der Waals surface area contributed by atoms with E-state index in [2.05, 4.69) is 47.0 Å². The van der Waals surface area contributed by atoms with E-state index in [0.717, 1.165) is 12.8 Å². The molecule has 0 aromatic heterocycles. The third-order valence-corrected chi connectivity index (χ3v) is 23.8. The topological polar surface area (TPSA) is 46.5 Å². The van der Waals surface area contributed by atoms with Crippen molar-refractivity contribution in [2.75, 3.05) is 0 Å². The van der Waals surface area contributed by atoms with Crippen molar-refractivity contribution in [3.8, 4) is 0 Å². The summed E-state index contributed by atoms with van der Waals surface area (Å²) < 4.78 is 6.70. The molecule has 3 atom stereocenters. The Kier molecular flexibility index (Phi) is 5.67. The van der Waals surface area contributed by atoms with Crippen LogP contribution in [0.3, 0.4) is 0 Å². The maximum Gasteiger partial charge on any atom is 0.330 e. The third-order valence-electron chi connectivity index (χ3n) is 5.86. The first-order chi connectivity index (χ1) is 9.49. The van der Waals surface area contributed by atoms with Gasteiger partial charge in [0.2, 0.25) is 0 Å². The van der Waals surface area contributed by atoms with Crippen LogP contribution in [0.4, 0.5) is 0 Å². The molecular weight excluding hydrogens is 296 g/mol. The first kappa shape index (κ1) is 18.7. The minimum atomic E-state index is -1.89. The summed E-state index contributed by atoms with van der Waals surface area (Å²) in [5, 5.41) is 9.28. The first-order valence-electron chi connectivity index (χ1n) is 8.11. The van der Waals surface area contributed by atoms with Gasteiger partial charge in [-0.1, -0.05) is 45.9 Å². The fourth-order valence-corrected chi connectivity index (χ4v) is 16.6. The zero-order chi connectivity index (χ0) is 16.5. The van der Waals surface area contributed by atoms with Gasteiger partial charge < -0.3 is 9.53 Å². The number of aliphatic carboxylic acids is 1. The van der Waals surface area contributed by atoms with Crippen molar-refractivity contribution >= 4 is 21.4 Å². The maximum atomic E-state index is 11.3. The lowest BCUT2D eigenvalue weighted by atomic mass is 9.96. The molecule has 0 amide bonds. The summed E-state index contributed by atoms with van der Waals surface area (Å²) in [6, 6.07) is 1.17. The number of hydrogen-bond donors (Lipinski definition) is 1. The number of rotatable bonds is 6. The van der Waals surface area contributed by atoms with Gasteiger partial charge in [0, 0.05) is 5.57 Å². The summed E-state index contributed by atoms with van der Waals surface area (Å²) in [7, 11) is -3.67. The number of hydrogen-bond acceptors (Lipinski definition) is 2. The fourth-order valence-electron chi connectivity index (χ4n) is 3.64. The normalized spacial score (nSPS) is 33.4. The third kappa shape index (κ3) is 3.68. The van der Waals surface area contributed by atoms with Gasteiger partial charge in [0.05, 0.1) is 13.2 Å². The van der Waals surface area contributed by atoms with Gasteiger partial charge in [0.25, 0.3) is 0 Å². The highest BCUT2D eigenvalue weighted by Crippen LogP contribution is 2.47. The molecule has 1 saturated heterocycles. The van der Waals surface area contributed by atoms with Crippen LogP contribution in [0.2, 0.25) is 31.2 Å². The monoisotopic (exact) mass is 328 g/mol. The van der Waals surface area contributed by atoms with Gasteiger partial charge in [-0.3, -0.25) is 0 Å². The molecule has 0 spiro atoms. The average molecular weight is 329 g/mol. The second-order valence-electron chi connectivity index (χ2n) is 7.64. The summed E-state index contributed by atoms with van der Waals surface area (Å²) in [4.78, 5) is 11.3. The smallest absolute Gasteiger partial charge is 0.330 e. The molecule has 21 heavy (non-hydrogen) atoms. The lowest BCUT2D eigenvalue weighted by molar-refractivity contribution is -0.132. The van der Waals surface area contributed by atoms with Crippen molar-refractivity contribution in [3.05, 3.63) is 12.2 Å². The Morgan fingerprint density at radius 3 is 2.43 bits per heavy atom. The van der Waals surface area contributed by atoms with E-state index in [9.17, 15) is 9.90 Å². The maximum absolute atomic E-state index is 11.3. The van der Waals surface area contributed by atoms with Crippen molar-refractivity contribution < 1.29 is 14.3 Å². The number of unbranched alkanes of at least 4 members (excludes halogenated alkanes) is 1. The van der Waals surface area contributed by atoms with Gasteiger partial charge in [-0.25, -0.2) is 4.79 Å². The summed E-state index contributed by atoms with van der Waals surface area (Å²) in [6.07, 6.45) is 4.60. The number of carbonyl (C=O) groups is 1. The van der Waals surface area contributed by atoms with E-state index in [1.54, 1.807) is 0 Å². The highest BCUT2D eigenvalue weighted by Gasteiger charge is 2.57. The predicted octanol–water partition coefficient (Wildman–Crippen LogP) is 4.75. The van der Waals surface area contributed by atoms with E-state index in [-0.39, 0.29) is 11.1 Å². The highest BCUT2D eigenvalue weighted by molar-refractivity contribution is 7.39. The van der Waals surface area contributed by atoms with Gasteiger partial charge >= 0.3 is 5.97 Å². The van der Waals surface area contributed by atoms with E-state index in [0.29, 0.717) is 5.57 Å². The predicted molar refractivity (Wildman–Crippen MR) is 93.7 cm³/mol. The van der Waals surface area contributed by atoms with Crippen LogP contribution < -0.4 is 0 Å². The Morgan fingerprint density at radius 1 is 1.43 bits per heavy atom. The molecule has 1 fully saturated rings. The molecule has 1 aliphatic heterocycles. The Labute approximate surface area is 131 Å². The molecule has 1 heterocycles. The Bertz CT molecular complexity index is 422. The molecule has 0 aromatic rings. The van der Waals surface area contributed by atoms with Crippen molar-refractivity contribution in [2.45, 2.75) is 83.3 Å². The van der Waals surface area contributed by atoms with Crippen LogP contribution in [-0.4, -0.2) is 32.1 Å². The van der Waals surface area contributed by atoms with Gasteiger partial charge in [-0.05, 0) is 38.4 Å². The summed E-state index contributed by atoms with van der Waals surface area (Å²) in [5.41, 5.74) is 0.473. The molecule has 0 saturated carbocycles. The molecule has 122 valence electrons. The minimum Gasteiger partial charge on any atom is -0.478 e. The molecule has 0 radical (unpaired) electrons. The van der Waals surface area contributed by atoms with Crippen LogP contribution in [0.25, 0.3) is 0 Å². The van der Waals surface area contributed by atoms with Gasteiger partial charge in [0.15, 0.2) is 7.83 Å². The van der Waals surface area contributed by atoms with Crippen molar-refractivity contribution in [1.29, 1.82) is 0 Å². The molecule has 0 aliphatic carbocycles. The van der Waals surface area contributed by atoms with Gasteiger partial charge in [-0.15, -0.1) is 0 Å². The molecular formula is C16H32O3Si2. The zero-order valence-corrected chi connectivity index (χ0v) is 16.6. The second kappa shape index (κ2) is 6.38. The molecule has 1 N–H and O–H groups in total. The summed E-state index contributed by atoms with van der Waals surface area (Å²) in [5.74, 6) is -0.847. The highest BCUT2D eigenvalue weighted by atomic mass is 29.3. The van der Waals surface area contributed by atoms with Crippen molar-refractivity contribution in [3.63, 3.8) is 0 Å². The van der Waals surface area contributed by atoms with E-state index in [4.69, 9.17) is 4.43 Å². The van der Waals surface area contributed by atoms with E-state index < -0.39 is 21.4 Å². The average Bonchev–Trinajstić information content (AvgIpc) is 2.39. The van der Waals surface area contributed by atoms with Crippen molar-refractivity contribution in [2.24, 2.45) is 0 Å². The van der Waals surface area contributed by atoms with E-state index in [1.807, 2.05) is 0 Å². The molecule has 1 rings (SSSR count). The van der Waals surface area contributed by atoms with Crippen LogP contribution in [0.5, 0.6) is 0 Å². The van der Waals surface area contributed by atoms with Crippen LogP contribution in [-0.2, 0) is 9.22 Å². The SMILES string of the molecule is C=C(C(=O)O)C(C)[Si]1(C)CCC(C)(CCCC)O[Si]1(C)C. The number of carboxylic acids is 1. The largest absolute Gasteiger partial charge is 0.478 e. The second-order valence-corrected chi connectivity index (χ2v) is 22.1. The van der Waals surface area contributed by atoms with Crippen LogP contribution >= 0.6 is 0 Å². The lowest BCUT2D eigenvalue weighted by Crippen LogP contribution is -2.68. The molecule has 0 bridgehead atoms. The van der Waals surface area contributed by atoms with Crippen molar-refractivity contribution in [1.82, 2.24) is 0 Å². The van der Waals surface area contributed by atoms with Crippen LogP contribution in [0.1, 0.15) is 46.5 Å². The Hall–Kier alpha value is -0.396. The van der Waals surface area contributed by atoms with E-state index >= 15 is 0 Å². The summed E-state index contributed by atoms with van der Waals surface area (Å²) >= 11 is 0. The minimum absolute atomic E-state index is 0.00250. The molecule has 5 heteroatoms. The van der Waals surface area contributed by atoms with Crippen LogP contribution in [0.15, 0.2) is 12.2 Å². The Morgan fingerprint density at radius 2 is 2.00 bits per heavy atom. The zero-order valence-electron chi connectivity index (χ0n) is 14.6. The van der Waals surface area contributed by atoms with Gasteiger partial charge in [-0.2, -0.15) is 0 Å².